The molecule has 0 amide bonds. The predicted octanol–water partition coefficient (Wildman–Crippen LogP) is 0.0566. The van der Waals surface area contributed by atoms with Gasteiger partial charge >= 0.3 is 0 Å². The number of H-pyrrole nitrogens is 1. The van der Waals surface area contributed by atoms with Crippen LogP contribution in [-0.4, -0.2) is 15.0 Å². The molecule has 0 aliphatic rings. The van der Waals surface area contributed by atoms with Gasteiger partial charge in [0.15, 0.2) is 0 Å². The molecule has 0 fully saturated rings. The number of hydrogen-bond donors (Lipinski definition) is 1. The minimum absolute atomic E-state index is 1.04. The molecule has 3 heteroatoms. The summed E-state index contributed by atoms with van der Waals surface area (Å²) in [6, 6.07) is 0. The van der Waals surface area contributed by atoms with Gasteiger partial charge in [0.25, 0.3) is 0 Å². The molecule has 0 radical (unpaired) electrons. The molecule has 1 N–H and O–H groups in total. The highest BCUT2D eigenvalue weighted by Crippen LogP contribution is 1.81. The second-order valence-corrected chi connectivity index (χ2v) is 1.32. The lowest BCUT2D eigenvalue weighted by atomic mass is 10.7. The Balaban J connectivity index is 2.87. The van der Waals surface area contributed by atoms with Crippen LogP contribution in [0.5, 0.6) is 0 Å². The Morgan fingerprint density at radius 3 is 2.33 bits per heavy atom. The van der Waals surface area contributed by atoms with Gasteiger partial charge in [-0.15, -0.1) is 5.10 Å². The molecule has 1 aromatic heterocycles. The second kappa shape index (κ2) is 0.864. The van der Waals surface area contributed by atoms with Gasteiger partial charge in [-0.3, -0.25) is 4.68 Å². The van der Waals surface area contributed by atoms with Crippen molar-refractivity contribution in [1.29, 1.82) is 0 Å². The van der Waals surface area contributed by atoms with E-state index in [0.717, 1.165) is 5.82 Å². The highest BCUT2D eigenvalue weighted by Gasteiger charge is 1.87. The SMILES string of the molecule is Cc1n[nH]n1C. The van der Waals surface area contributed by atoms with Crippen LogP contribution in [0.2, 0.25) is 0 Å². The van der Waals surface area contributed by atoms with E-state index in [0.29, 0.717) is 0 Å². The van der Waals surface area contributed by atoms with E-state index in [2.05, 4.69) is 10.3 Å². The number of rotatable bonds is 0. The molecule has 34 valence electrons. The van der Waals surface area contributed by atoms with E-state index in [1.165, 1.54) is 0 Å². The van der Waals surface area contributed by atoms with Gasteiger partial charge in [-0.25, -0.2) is 5.21 Å². The minimum atomic E-state index is 1.04. The van der Waals surface area contributed by atoms with Crippen LogP contribution in [0, 0.1) is 6.92 Å². The molecule has 0 unspecified atom stereocenters. The van der Waals surface area contributed by atoms with Crippen molar-refractivity contribution < 1.29 is 0 Å². The normalized spacial score (nSPS) is 9.67. The third-order valence-electron chi connectivity index (χ3n) is 0.847. The highest BCUT2D eigenvalue weighted by molar-refractivity contribution is 4.72. The van der Waals surface area contributed by atoms with Crippen molar-refractivity contribution in [1.82, 2.24) is 15.0 Å². The topological polar surface area (TPSA) is 33.6 Å². The molecule has 3 nitrogen and oxygen atoms in total. The van der Waals surface area contributed by atoms with Crippen molar-refractivity contribution in [3.05, 3.63) is 5.82 Å². The standard InChI is InChI=1S/C3H7N3/c1-3-4-5-6(3)2/h5H,1-2H3. The van der Waals surface area contributed by atoms with Gasteiger partial charge in [0.05, 0.1) is 0 Å². The zero-order valence-electron chi connectivity index (χ0n) is 3.89. The molecule has 0 spiro atoms. The average Bonchev–Trinajstić information content (AvgIpc) is 1.61. The van der Waals surface area contributed by atoms with Crippen molar-refractivity contribution in [2.75, 3.05) is 0 Å². The number of aryl methyl sites for hydroxylation is 2. The molecule has 0 bridgehead atoms. The summed E-state index contributed by atoms with van der Waals surface area (Å²) >= 11 is 0. The van der Waals surface area contributed by atoms with Crippen molar-refractivity contribution >= 4 is 0 Å². The fourth-order valence-electron chi connectivity index (χ4n) is 0.250. The monoisotopic (exact) mass is 85.1 g/mol. The van der Waals surface area contributed by atoms with Crippen LogP contribution in [-0.2, 0) is 7.05 Å². The summed E-state index contributed by atoms with van der Waals surface area (Å²) in [5, 5.41) is 6.42. The Morgan fingerprint density at radius 2 is 2.33 bits per heavy atom. The van der Waals surface area contributed by atoms with Crippen LogP contribution in [0.15, 0.2) is 0 Å². The molecular weight excluding hydrogens is 78.1 g/mol. The first-order valence-corrected chi connectivity index (χ1v) is 1.84. The maximum atomic E-state index is 3.74. The number of nitrogens with zero attached hydrogens (tertiary/aromatic N) is 2. The van der Waals surface area contributed by atoms with E-state index in [-0.39, 0.29) is 0 Å². The Bertz CT molecular complexity index is 112. The Morgan fingerprint density at radius 1 is 1.83 bits per heavy atom. The van der Waals surface area contributed by atoms with E-state index in [1.54, 1.807) is 0 Å². The molecule has 1 heterocycles. The summed E-state index contributed by atoms with van der Waals surface area (Å²) in [6.45, 7) is 1.94. The number of aromatic nitrogens is 3. The van der Waals surface area contributed by atoms with Gasteiger partial charge in [0.1, 0.15) is 5.82 Å². The third kappa shape index (κ3) is 0.246. The predicted molar refractivity (Wildman–Crippen MR) is 22.3 cm³/mol. The maximum absolute atomic E-state index is 3.74. The van der Waals surface area contributed by atoms with Crippen LogP contribution in [0.4, 0.5) is 0 Å². The average molecular weight is 85.1 g/mol. The Hall–Kier alpha value is -0.730. The van der Waals surface area contributed by atoms with Crippen molar-refractivity contribution in [3.8, 4) is 0 Å². The smallest absolute Gasteiger partial charge is 0.143 e. The Kier molecular flexibility index (Phi) is 0.498. The summed E-state index contributed by atoms with van der Waals surface area (Å²) in [6.07, 6.45) is 0. The fourth-order valence-corrected chi connectivity index (χ4v) is 0.250. The van der Waals surface area contributed by atoms with Gasteiger partial charge in [-0.1, -0.05) is 0 Å². The van der Waals surface area contributed by atoms with Crippen LogP contribution < -0.4 is 0 Å². The van der Waals surface area contributed by atoms with Crippen molar-refractivity contribution in [3.63, 3.8) is 0 Å². The van der Waals surface area contributed by atoms with E-state index >= 15 is 0 Å². The van der Waals surface area contributed by atoms with Crippen molar-refractivity contribution in [2.24, 2.45) is 7.05 Å². The molecule has 0 aliphatic heterocycles. The molecule has 0 saturated heterocycles. The quantitative estimate of drug-likeness (QED) is 0.474. The summed E-state index contributed by atoms with van der Waals surface area (Å²) in [5.74, 6) is 1.04. The lowest BCUT2D eigenvalue weighted by molar-refractivity contribution is 0.540. The summed E-state index contributed by atoms with van der Waals surface area (Å²) < 4.78 is 1.85. The summed E-state index contributed by atoms with van der Waals surface area (Å²) in [7, 11) is 1.92. The lowest BCUT2D eigenvalue weighted by Gasteiger charge is -2.03. The molecule has 0 atom stereocenters. The van der Waals surface area contributed by atoms with Crippen LogP contribution in [0.25, 0.3) is 0 Å². The van der Waals surface area contributed by atoms with Gasteiger partial charge in [-0.2, -0.15) is 0 Å². The van der Waals surface area contributed by atoms with E-state index in [9.17, 15) is 0 Å². The number of hydrogen-bond acceptors (Lipinski definition) is 1. The van der Waals surface area contributed by atoms with Crippen LogP contribution in [0.1, 0.15) is 5.82 Å². The molecule has 1 rings (SSSR count). The molecule has 0 aliphatic carbocycles. The maximum Gasteiger partial charge on any atom is 0.143 e. The van der Waals surface area contributed by atoms with E-state index < -0.39 is 0 Å². The number of nitrogens with one attached hydrogen (secondary N) is 1. The number of aromatic amines is 1. The first-order valence-electron chi connectivity index (χ1n) is 1.84. The van der Waals surface area contributed by atoms with Crippen molar-refractivity contribution in [2.45, 2.75) is 6.92 Å². The first kappa shape index (κ1) is 3.46. The van der Waals surface area contributed by atoms with Gasteiger partial charge < -0.3 is 0 Å². The minimum Gasteiger partial charge on any atom is -0.260 e. The van der Waals surface area contributed by atoms with E-state index in [1.807, 2.05) is 18.7 Å². The summed E-state index contributed by atoms with van der Waals surface area (Å²) in [5.41, 5.74) is 0. The molecule has 1 aromatic rings. The Labute approximate surface area is 35.9 Å². The van der Waals surface area contributed by atoms with E-state index in [4.69, 9.17) is 0 Å². The second-order valence-electron chi connectivity index (χ2n) is 1.32. The zero-order valence-corrected chi connectivity index (χ0v) is 3.89. The molecular formula is C3H7N3. The third-order valence-corrected chi connectivity index (χ3v) is 0.847. The van der Waals surface area contributed by atoms with Crippen LogP contribution >= 0.6 is 0 Å². The molecule has 0 saturated carbocycles. The first-order chi connectivity index (χ1) is 2.80. The fraction of sp³-hybridized carbons (Fsp3) is 0.667. The molecule has 0 aromatic carbocycles. The van der Waals surface area contributed by atoms with Crippen LogP contribution in [0.3, 0.4) is 0 Å². The highest BCUT2D eigenvalue weighted by atomic mass is 15.5. The zero-order chi connectivity index (χ0) is 4.57. The van der Waals surface area contributed by atoms with Gasteiger partial charge in [0.2, 0.25) is 0 Å². The van der Waals surface area contributed by atoms with Gasteiger partial charge in [0, 0.05) is 7.05 Å². The summed E-state index contributed by atoms with van der Waals surface area (Å²) in [4.78, 5) is 0. The molecule has 6 heavy (non-hydrogen) atoms. The largest absolute Gasteiger partial charge is 0.260 e. The lowest BCUT2D eigenvalue weighted by Crippen LogP contribution is -2.11. The van der Waals surface area contributed by atoms with Gasteiger partial charge in [-0.05, 0) is 6.92 Å².